The number of allylic oxidation sites excluding steroid dienone is 2. The molecule has 1 aromatic heterocycles. The van der Waals surface area contributed by atoms with Gasteiger partial charge in [-0.25, -0.2) is 4.98 Å². The summed E-state index contributed by atoms with van der Waals surface area (Å²) in [6, 6.07) is 0. The molecule has 0 aliphatic carbocycles. The first-order valence-electron chi connectivity index (χ1n) is 4.34. The number of nitro groups is 1. The third-order valence-corrected chi connectivity index (χ3v) is 1.85. The number of aromatic nitrogens is 2. The Hall–Kier alpha value is -1.65. The average Bonchev–Trinajstić information content (AvgIpc) is 2.43. The number of rotatable bonds is 3. The van der Waals surface area contributed by atoms with Gasteiger partial charge in [0.1, 0.15) is 5.69 Å². The van der Waals surface area contributed by atoms with Crippen LogP contribution in [0.5, 0.6) is 0 Å². The van der Waals surface area contributed by atoms with Gasteiger partial charge in [0.2, 0.25) is 0 Å². The minimum absolute atomic E-state index is 0.181. The molecule has 0 saturated carbocycles. The number of nitrogens with zero attached hydrogens (tertiary/aromatic N) is 2. The maximum Gasteiger partial charge on any atom is 0.432 e. The monoisotopic (exact) mass is 195 g/mol. The van der Waals surface area contributed by atoms with Gasteiger partial charge in [0, 0.05) is 6.42 Å². The van der Waals surface area contributed by atoms with Gasteiger partial charge in [-0.2, -0.15) is 0 Å². The Morgan fingerprint density at radius 2 is 2.29 bits per heavy atom. The van der Waals surface area contributed by atoms with Gasteiger partial charge in [-0.3, -0.25) is 0 Å². The van der Waals surface area contributed by atoms with Gasteiger partial charge < -0.3 is 10.1 Å². The number of hydrogen-bond donors (Lipinski definition) is 1. The smallest absolute Gasteiger partial charge is 0.390 e. The molecule has 1 heterocycles. The molecule has 76 valence electrons. The molecule has 14 heavy (non-hydrogen) atoms. The fraction of sp³-hybridized carbons (Fsp3) is 0.444. The molecule has 0 atom stereocenters. The lowest BCUT2D eigenvalue weighted by atomic mass is 10.2. The molecule has 0 radical (unpaired) electrons. The summed E-state index contributed by atoms with van der Waals surface area (Å²) in [6.07, 6.45) is 2.63. The highest BCUT2D eigenvalue weighted by Gasteiger charge is 2.15. The molecule has 0 fully saturated rings. The Morgan fingerprint density at radius 1 is 1.64 bits per heavy atom. The largest absolute Gasteiger partial charge is 0.432 e. The van der Waals surface area contributed by atoms with E-state index in [1.165, 1.54) is 5.57 Å². The number of aryl methyl sites for hydroxylation is 1. The van der Waals surface area contributed by atoms with Crippen molar-refractivity contribution in [3.63, 3.8) is 0 Å². The van der Waals surface area contributed by atoms with E-state index in [-0.39, 0.29) is 5.95 Å². The van der Waals surface area contributed by atoms with E-state index in [4.69, 9.17) is 0 Å². The molecular weight excluding hydrogens is 182 g/mol. The summed E-state index contributed by atoms with van der Waals surface area (Å²) in [5, 5.41) is 10.4. The summed E-state index contributed by atoms with van der Waals surface area (Å²) in [7, 11) is 0. The second-order valence-electron chi connectivity index (χ2n) is 3.37. The summed E-state index contributed by atoms with van der Waals surface area (Å²) < 4.78 is 0. The summed E-state index contributed by atoms with van der Waals surface area (Å²) in [6.45, 7) is 5.75. The minimum Gasteiger partial charge on any atom is -0.390 e. The lowest BCUT2D eigenvalue weighted by molar-refractivity contribution is -0.393. The molecule has 0 aromatic carbocycles. The SMILES string of the molecule is CC(C)=CCc1nc([N+](=O)[O-])[nH]c1C. The van der Waals surface area contributed by atoms with Crippen molar-refractivity contribution in [3.05, 3.63) is 33.2 Å². The molecule has 0 amide bonds. The third-order valence-electron chi connectivity index (χ3n) is 1.85. The third kappa shape index (κ3) is 2.42. The molecule has 1 rings (SSSR count). The van der Waals surface area contributed by atoms with E-state index >= 15 is 0 Å². The molecule has 0 saturated heterocycles. The number of hydrogen-bond acceptors (Lipinski definition) is 3. The van der Waals surface area contributed by atoms with Crippen molar-refractivity contribution in [2.45, 2.75) is 27.2 Å². The van der Waals surface area contributed by atoms with E-state index in [1.54, 1.807) is 6.92 Å². The quantitative estimate of drug-likeness (QED) is 0.456. The minimum atomic E-state index is -0.515. The predicted octanol–water partition coefficient (Wildman–Crippen LogP) is 2.14. The summed E-state index contributed by atoms with van der Waals surface area (Å²) in [5.74, 6) is -0.181. The second-order valence-corrected chi connectivity index (χ2v) is 3.37. The van der Waals surface area contributed by atoms with E-state index in [2.05, 4.69) is 9.97 Å². The Kier molecular flexibility index (Phi) is 3.01. The van der Waals surface area contributed by atoms with Crippen molar-refractivity contribution in [3.8, 4) is 0 Å². The molecule has 0 aliphatic rings. The lowest BCUT2D eigenvalue weighted by Gasteiger charge is -1.88. The van der Waals surface area contributed by atoms with Gasteiger partial charge in [0.15, 0.2) is 5.69 Å². The molecule has 0 spiro atoms. The molecule has 1 N–H and O–H groups in total. The van der Waals surface area contributed by atoms with Crippen LogP contribution in [-0.2, 0) is 6.42 Å². The molecule has 0 unspecified atom stereocenters. The van der Waals surface area contributed by atoms with E-state index in [0.29, 0.717) is 6.42 Å². The van der Waals surface area contributed by atoms with Crippen LogP contribution in [0.15, 0.2) is 11.6 Å². The second kappa shape index (κ2) is 4.04. The number of H-pyrrole nitrogens is 1. The number of nitrogens with one attached hydrogen (secondary N) is 1. The zero-order valence-corrected chi connectivity index (χ0v) is 8.50. The Labute approximate surface area is 82.0 Å². The molecule has 0 bridgehead atoms. The summed E-state index contributed by atoms with van der Waals surface area (Å²) in [4.78, 5) is 16.4. The molecule has 0 aliphatic heterocycles. The van der Waals surface area contributed by atoms with Gasteiger partial charge in [0.05, 0.1) is 0 Å². The van der Waals surface area contributed by atoms with Gasteiger partial charge >= 0.3 is 5.95 Å². The van der Waals surface area contributed by atoms with Crippen LogP contribution in [0.3, 0.4) is 0 Å². The van der Waals surface area contributed by atoms with E-state index in [0.717, 1.165) is 11.4 Å². The number of aromatic amines is 1. The van der Waals surface area contributed by atoms with Gasteiger partial charge in [0.25, 0.3) is 0 Å². The van der Waals surface area contributed by atoms with Crippen LogP contribution >= 0.6 is 0 Å². The van der Waals surface area contributed by atoms with Crippen molar-refractivity contribution >= 4 is 5.95 Å². The highest BCUT2D eigenvalue weighted by Crippen LogP contribution is 2.12. The maximum absolute atomic E-state index is 10.4. The zero-order valence-electron chi connectivity index (χ0n) is 8.50. The predicted molar refractivity (Wildman–Crippen MR) is 53.1 cm³/mol. The molecule has 5 nitrogen and oxygen atoms in total. The van der Waals surface area contributed by atoms with Crippen LogP contribution in [-0.4, -0.2) is 14.9 Å². The highest BCUT2D eigenvalue weighted by atomic mass is 16.6. The molecule has 5 heteroatoms. The topological polar surface area (TPSA) is 71.8 Å². The average molecular weight is 195 g/mol. The van der Waals surface area contributed by atoms with Gasteiger partial charge in [-0.15, -0.1) is 0 Å². The van der Waals surface area contributed by atoms with Gasteiger partial charge in [-0.05, 0) is 25.7 Å². The van der Waals surface area contributed by atoms with Crippen LogP contribution < -0.4 is 0 Å². The fourth-order valence-corrected chi connectivity index (χ4v) is 1.07. The van der Waals surface area contributed by atoms with E-state index in [1.807, 2.05) is 19.9 Å². The first-order chi connectivity index (χ1) is 6.50. The number of imidazole rings is 1. The van der Waals surface area contributed by atoms with E-state index < -0.39 is 4.92 Å². The normalized spacial score (nSPS) is 9.93. The fourth-order valence-electron chi connectivity index (χ4n) is 1.07. The van der Waals surface area contributed by atoms with Crippen LogP contribution in [0.25, 0.3) is 0 Å². The van der Waals surface area contributed by atoms with Crippen LogP contribution in [0, 0.1) is 17.0 Å². The summed E-state index contributed by atoms with van der Waals surface area (Å²) >= 11 is 0. The van der Waals surface area contributed by atoms with Crippen LogP contribution in [0.4, 0.5) is 5.95 Å². The van der Waals surface area contributed by atoms with Crippen LogP contribution in [0.1, 0.15) is 25.2 Å². The lowest BCUT2D eigenvalue weighted by Crippen LogP contribution is -1.90. The Balaban J connectivity index is 2.88. The standard InChI is InChI=1S/C9H13N3O2/c1-6(2)4-5-8-7(3)10-9(11-8)12(13)14/h4H,5H2,1-3H3,(H,10,11). The highest BCUT2D eigenvalue weighted by molar-refractivity contribution is 5.22. The van der Waals surface area contributed by atoms with Crippen molar-refractivity contribution in [1.82, 2.24) is 9.97 Å². The molecular formula is C9H13N3O2. The van der Waals surface area contributed by atoms with Crippen molar-refractivity contribution in [2.75, 3.05) is 0 Å². The van der Waals surface area contributed by atoms with Crippen molar-refractivity contribution in [2.24, 2.45) is 0 Å². The Bertz CT molecular complexity index is 375. The van der Waals surface area contributed by atoms with Gasteiger partial charge in [-0.1, -0.05) is 16.6 Å². The van der Waals surface area contributed by atoms with E-state index in [9.17, 15) is 10.1 Å². The Morgan fingerprint density at radius 3 is 2.71 bits per heavy atom. The summed E-state index contributed by atoms with van der Waals surface area (Å²) in [5.41, 5.74) is 2.67. The maximum atomic E-state index is 10.4. The van der Waals surface area contributed by atoms with Crippen molar-refractivity contribution in [1.29, 1.82) is 0 Å². The van der Waals surface area contributed by atoms with Crippen molar-refractivity contribution < 1.29 is 4.92 Å². The molecule has 1 aromatic rings. The first kappa shape index (κ1) is 10.4. The zero-order chi connectivity index (χ0) is 10.7. The first-order valence-corrected chi connectivity index (χ1v) is 4.34. The van der Waals surface area contributed by atoms with Crippen LogP contribution in [0.2, 0.25) is 0 Å².